The van der Waals surface area contributed by atoms with Crippen LogP contribution in [0, 0.1) is 14.9 Å². The molecular weight excluding hydrogens is 902 g/mol. The molecule has 0 fully saturated rings. The van der Waals surface area contributed by atoms with Crippen molar-refractivity contribution in [2.24, 2.45) is 0 Å². The average Bonchev–Trinajstić information content (AvgIpc) is 3.32. The van der Waals surface area contributed by atoms with Gasteiger partial charge < -0.3 is 14.9 Å². The number of ketones is 3. The van der Waals surface area contributed by atoms with E-state index in [9.17, 15) is 19.2 Å². The van der Waals surface area contributed by atoms with Crippen LogP contribution in [0.4, 0.5) is 0 Å². The summed E-state index contributed by atoms with van der Waals surface area (Å²) in [7, 11) is 0. The van der Waals surface area contributed by atoms with Gasteiger partial charge in [-0.25, -0.2) is 0 Å². The summed E-state index contributed by atoms with van der Waals surface area (Å²) < 4.78 is 0. The van der Waals surface area contributed by atoms with Crippen molar-refractivity contribution in [3.05, 3.63) is 242 Å². The van der Waals surface area contributed by atoms with Crippen molar-refractivity contribution in [2.75, 3.05) is 0 Å². The Labute approximate surface area is 421 Å². The summed E-state index contributed by atoms with van der Waals surface area (Å²) in [4.78, 5) is 44.1. The minimum Gasteiger partial charge on any atom is -0.358 e. The summed E-state index contributed by atoms with van der Waals surface area (Å²) in [6, 6.07) is 56.4. The molecule has 0 aliphatic carbocycles. The fourth-order valence-electron chi connectivity index (χ4n) is 4.07. The Bertz CT molecular complexity index is 1800. The first-order valence-corrected chi connectivity index (χ1v) is 19.7. The van der Waals surface area contributed by atoms with E-state index in [4.69, 9.17) is 0 Å². The van der Waals surface area contributed by atoms with E-state index in [2.05, 4.69) is 0 Å². The van der Waals surface area contributed by atoms with E-state index in [0.29, 0.717) is 0 Å². The molecule has 61 heavy (non-hydrogen) atoms. The Kier molecular flexibility index (Phi) is 56.1. The minimum atomic E-state index is 0. The van der Waals surface area contributed by atoms with Gasteiger partial charge in [0.15, 0.2) is 17.3 Å². The van der Waals surface area contributed by atoms with Crippen LogP contribution in [0.15, 0.2) is 194 Å². The Balaban J connectivity index is -0.000000158. The van der Waals surface area contributed by atoms with Gasteiger partial charge in [-0.1, -0.05) is 250 Å². The van der Waals surface area contributed by atoms with Crippen molar-refractivity contribution in [1.82, 2.24) is 0 Å². The summed E-state index contributed by atoms with van der Waals surface area (Å²) in [6.45, 7) is 17.6. The molecule has 0 aliphatic rings. The fraction of sp³-hybridized carbons (Fsp3) is 0.164. The van der Waals surface area contributed by atoms with Crippen LogP contribution < -0.4 is 0 Å². The number of Topliss-reactive ketones (excluding diaryl/α,β-unsaturated/α-hetero) is 1. The van der Waals surface area contributed by atoms with Crippen LogP contribution in [-0.4, -0.2) is 23.6 Å². The third-order valence-electron chi connectivity index (χ3n) is 6.69. The van der Waals surface area contributed by atoms with Crippen LogP contribution in [0.5, 0.6) is 0 Å². The smallest absolute Gasteiger partial charge is 0.185 e. The number of benzene rings is 6. The SMILES string of the molecule is CC.CC.CC.CC.CC(=O)c1ccccc1.O=C(/C=C/c1ccccc1)c1ccccc1.O=C(/C=C/c1ccccc1)c1ccccc1.O=Cc1ccccc1.[CH3-].[CH3-].[Y].[Y]. The maximum absolute atomic E-state index is 11.7. The molecule has 0 aromatic heterocycles. The molecule has 2 radical (unpaired) electrons. The molecule has 320 valence electrons. The molecule has 0 atom stereocenters. The molecule has 6 aromatic carbocycles. The van der Waals surface area contributed by atoms with Crippen LogP contribution in [0.3, 0.4) is 0 Å². The van der Waals surface area contributed by atoms with Gasteiger partial charge in [0.05, 0.1) is 0 Å². The average molecular weight is 971 g/mol. The van der Waals surface area contributed by atoms with Gasteiger partial charge in [-0.15, -0.1) is 0 Å². The van der Waals surface area contributed by atoms with Crippen LogP contribution >= 0.6 is 0 Å². The van der Waals surface area contributed by atoms with Crippen LogP contribution in [0.1, 0.15) is 115 Å². The summed E-state index contributed by atoms with van der Waals surface area (Å²) >= 11 is 0. The van der Waals surface area contributed by atoms with E-state index >= 15 is 0 Å². The first kappa shape index (κ1) is 68.4. The van der Waals surface area contributed by atoms with E-state index in [1.54, 1.807) is 31.2 Å². The van der Waals surface area contributed by atoms with Gasteiger partial charge in [0.2, 0.25) is 0 Å². The molecule has 0 aliphatic heterocycles. The summed E-state index contributed by atoms with van der Waals surface area (Å²) in [5, 5.41) is 0. The first-order valence-electron chi connectivity index (χ1n) is 19.7. The second kappa shape index (κ2) is 50.0. The number of carbonyl (C=O) groups excluding carboxylic acids is 4. The zero-order chi connectivity index (χ0) is 42.9. The minimum absolute atomic E-state index is 0. The second-order valence-electron chi connectivity index (χ2n) is 10.4. The molecule has 0 N–H and O–H groups in total. The van der Waals surface area contributed by atoms with E-state index in [0.717, 1.165) is 39.7 Å². The van der Waals surface area contributed by atoms with Crippen molar-refractivity contribution in [3.63, 3.8) is 0 Å². The van der Waals surface area contributed by atoms with Gasteiger partial charge in [0, 0.05) is 87.7 Å². The zero-order valence-electron chi connectivity index (χ0n) is 38.5. The predicted octanol–water partition coefficient (Wildman–Crippen LogP) is 15.6. The standard InChI is InChI=1S/2C15H12O.C8H8O.C7H6O.4C2H6.2CH3.2Y/c2*16-15(14-9-5-2-6-10-14)12-11-13-7-3-1-4-8-13;1-7(9)8-5-3-2-4-6-8;8-6-7-4-2-1-3-5-7;4*1-2;;;;/h2*1-12H;2-6H,1H3;1-6H;4*1-2H3;2*1H3;;/q;;;;;;;;2*-1;;/b2*12-11+;;;;;;;;;;. The molecule has 0 amide bonds. The normalized spacial score (nSPS) is 8.34. The number of hydrogen-bond donors (Lipinski definition) is 0. The van der Waals surface area contributed by atoms with Crippen molar-refractivity contribution in [3.8, 4) is 0 Å². The second-order valence-corrected chi connectivity index (χ2v) is 10.4. The topological polar surface area (TPSA) is 68.3 Å². The molecule has 0 spiro atoms. The van der Waals surface area contributed by atoms with Crippen molar-refractivity contribution in [2.45, 2.75) is 62.3 Å². The van der Waals surface area contributed by atoms with E-state index in [1.165, 1.54) is 0 Å². The van der Waals surface area contributed by atoms with Crippen LogP contribution in [0.2, 0.25) is 0 Å². The Hall–Kier alpha value is -4.31. The predicted molar refractivity (Wildman–Crippen MR) is 259 cm³/mol. The first-order chi connectivity index (χ1) is 28.0. The van der Waals surface area contributed by atoms with Crippen molar-refractivity contribution in [1.29, 1.82) is 0 Å². The number of aldehydes is 1. The molecule has 4 nitrogen and oxygen atoms in total. The quantitative estimate of drug-likeness (QED) is 0.0660. The van der Waals surface area contributed by atoms with Crippen molar-refractivity contribution >= 4 is 35.8 Å². The molecule has 0 bridgehead atoms. The molecule has 0 unspecified atom stereocenters. The Morgan fingerprint density at radius 3 is 0.754 bits per heavy atom. The molecule has 6 aromatic rings. The Morgan fingerprint density at radius 1 is 0.344 bits per heavy atom. The molecular formula is C55H68O4Y2-2. The van der Waals surface area contributed by atoms with E-state index in [1.807, 2.05) is 237 Å². The molecule has 0 saturated heterocycles. The van der Waals surface area contributed by atoms with Crippen LogP contribution in [0.25, 0.3) is 12.2 Å². The molecule has 6 heteroatoms. The number of carbonyl (C=O) groups is 4. The van der Waals surface area contributed by atoms with E-state index in [-0.39, 0.29) is 97.6 Å². The number of hydrogen-bond acceptors (Lipinski definition) is 4. The fourth-order valence-corrected chi connectivity index (χ4v) is 4.07. The van der Waals surface area contributed by atoms with Gasteiger partial charge in [0.25, 0.3) is 0 Å². The monoisotopic (exact) mass is 970 g/mol. The van der Waals surface area contributed by atoms with Gasteiger partial charge in [-0.2, -0.15) is 0 Å². The maximum Gasteiger partial charge on any atom is 0.185 e. The number of allylic oxidation sites excluding steroid dienone is 2. The summed E-state index contributed by atoms with van der Waals surface area (Å²) in [6.07, 6.45) is 7.69. The van der Waals surface area contributed by atoms with Gasteiger partial charge in [0.1, 0.15) is 6.29 Å². The van der Waals surface area contributed by atoms with Gasteiger partial charge in [-0.05, 0) is 30.2 Å². The zero-order valence-corrected chi connectivity index (χ0v) is 44.2. The Morgan fingerprint density at radius 2 is 0.557 bits per heavy atom. The number of rotatable bonds is 8. The summed E-state index contributed by atoms with van der Waals surface area (Å²) in [5.41, 5.74) is 5.01. The van der Waals surface area contributed by atoms with Crippen molar-refractivity contribution < 1.29 is 84.6 Å². The van der Waals surface area contributed by atoms with Gasteiger partial charge >= 0.3 is 0 Å². The van der Waals surface area contributed by atoms with Gasteiger partial charge in [-0.3, -0.25) is 19.2 Å². The maximum atomic E-state index is 11.7. The molecule has 0 saturated carbocycles. The third kappa shape index (κ3) is 35.0. The van der Waals surface area contributed by atoms with Crippen LogP contribution in [-0.2, 0) is 65.4 Å². The molecule has 0 heterocycles. The third-order valence-corrected chi connectivity index (χ3v) is 6.69. The largest absolute Gasteiger partial charge is 0.358 e. The summed E-state index contributed by atoms with van der Waals surface area (Å²) in [5.74, 6) is 0.185. The molecule has 6 rings (SSSR count). The van der Waals surface area contributed by atoms with E-state index < -0.39 is 0 Å².